The maximum atomic E-state index is 10.8. The lowest BCUT2D eigenvalue weighted by molar-refractivity contribution is 0.111. The molecule has 0 fully saturated rings. The van der Waals surface area contributed by atoms with E-state index in [1.165, 1.54) is 0 Å². The highest BCUT2D eigenvalue weighted by molar-refractivity contribution is 9.10. The van der Waals surface area contributed by atoms with Gasteiger partial charge in [-0.25, -0.2) is 4.98 Å². The third-order valence-electron chi connectivity index (χ3n) is 2.32. The molecule has 0 bridgehead atoms. The molecular formula is C12H12BrN3O3. The maximum Gasteiger partial charge on any atom is 0.226 e. The highest BCUT2D eigenvalue weighted by Gasteiger charge is 2.06. The van der Waals surface area contributed by atoms with Crippen molar-refractivity contribution in [1.82, 2.24) is 15.1 Å². The van der Waals surface area contributed by atoms with E-state index in [1.54, 1.807) is 19.2 Å². The molecule has 2 rings (SSSR count). The molecular weight excluding hydrogens is 314 g/mol. The second-order valence-electron chi connectivity index (χ2n) is 3.84. The summed E-state index contributed by atoms with van der Waals surface area (Å²) in [7, 11) is 0. The number of ether oxygens (including phenoxy) is 1. The Kier molecular flexibility index (Phi) is 4.62. The summed E-state index contributed by atoms with van der Waals surface area (Å²) in [6.07, 6.45) is 3.58. The third-order valence-corrected chi connectivity index (χ3v) is 2.76. The highest BCUT2D eigenvalue weighted by atomic mass is 79.9. The number of hydrogen-bond acceptors (Lipinski definition) is 6. The van der Waals surface area contributed by atoms with Gasteiger partial charge in [-0.05, 0) is 35.3 Å². The minimum absolute atomic E-state index is 0.289. The van der Waals surface area contributed by atoms with Gasteiger partial charge in [0.1, 0.15) is 11.4 Å². The molecule has 0 saturated heterocycles. The van der Waals surface area contributed by atoms with Crippen LogP contribution in [-0.4, -0.2) is 28.0 Å². The van der Waals surface area contributed by atoms with Crippen LogP contribution in [-0.2, 0) is 6.42 Å². The largest absolute Gasteiger partial charge is 0.491 e. The second-order valence-corrected chi connectivity index (χ2v) is 4.76. The van der Waals surface area contributed by atoms with Crippen LogP contribution in [0.3, 0.4) is 0 Å². The number of carbonyl (C=O) groups excluding carboxylic acids is 1. The molecule has 0 radical (unpaired) electrons. The zero-order valence-corrected chi connectivity index (χ0v) is 11.9. The lowest BCUT2D eigenvalue weighted by atomic mass is 10.3. The Hall–Kier alpha value is -1.76. The molecule has 0 amide bonds. The fourth-order valence-electron chi connectivity index (χ4n) is 1.48. The quantitative estimate of drug-likeness (QED) is 0.599. The molecule has 100 valence electrons. The van der Waals surface area contributed by atoms with Gasteiger partial charge in [0.15, 0.2) is 12.1 Å². The molecule has 0 unspecified atom stereocenters. The van der Waals surface area contributed by atoms with E-state index in [4.69, 9.17) is 9.26 Å². The normalized spacial score (nSPS) is 10.4. The average Bonchev–Trinajstić information content (AvgIpc) is 2.81. The first-order valence-corrected chi connectivity index (χ1v) is 6.51. The van der Waals surface area contributed by atoms with Gasteiger partial charge in [-0.1, -0.05) is 5.16 Å². The van der Waals surface area contributed by atoms with Crippen molar-refractivity contribution < 1.29 is 14.1 Å². The molecule has 0 N–H and O–H groups in total. The van der Waals surface area contributed by atoms with Crippen LogP contribution in [0.1, 0.15) is 28.6 Å². The predicted octanol–water partition coefficient (Wildman–Crippen LogP) is 2.36. The van der Waals surface area contributed by atoms with E-state index >= 15 is 0 Å². The minimum Gasteiger partial charge on any atom is -0.491 e. The Balaban J connectivity index is 1.85. The molecule has 0 atom stereocenters. The monoisotopic (exact) mass is 325 g/mol. The van der Waals surface area contributed by atoms with Gasteiger partial charge in [-0.15, -0.1) is 0 Å². The molecule has 2 aromatic heterocycles. The first-order chi connectivity index (χ1) is 9.19. The summed E-state index contributed by atoms with van der Waals surface area (Å²) in [5.74, 6) is 1.67. The number of aryl methyl sites for hydroxylation is 2. The van der Waals surface area contributed by atoms with Crippen molar-refractivity contribution in [2.75, 3.05) is 6.61 Å². The van der Waals surface area contributed by atoms with Crippen LogP contribution in [0.15, 0.2) is 21.3 Å². The predicted molar refractivity (Wildman–Crippen MR) is 70.2 cm³/mol. The van der Waals surface area contributed by atoms with Gasteiger partial charge in [0.05, 0.1) is 6.61 Å². The van der Waals surface area contributed by atoms with Gasteiger partial charge >= 0.3 is 0 Å². The topological polar surface area (TPSA) is 78.1 Å². The van der Waals surface area contributed by atoms with Gasteiger partial charge in [-0.3, -0.25) is 4.79 Å². The number of aromatic nitrogens is 3. The molecule has 0 saturated carbocycles. The minimum atomic E-state index is 0.289. The summed E-state index contributed by atoms with van der Waals surface area (Å²) >= 11 is 3.28. The Morgan fingerprint density at radius 3 is 3.05 bits per heavy atom. The lowest BCUT2D eigenvalue weighted by Crippen LogP contribution is -2.03. The highest BCUT2D eigenvalue weighted by Crippen LogP contribution is 2.20. The van der Waals surface area contributed by atoms with Crippen LogP contribution < -0.4 is 4.74 Å². The standard InChI is InChI=1S/C12H12BrN3O3/c1-8-15-12(19-16-8)3-2-4-18-11-5-9(13)6-14-10(11)7-17/h5-7H,2-4H2,1H3. The molecule has 6 nitrogen and oxygen atoms in total. The molecule has 19 heavy (non-hydrogen) atoms. The Labute approximate surface area is 118 Å². The number of nitrogens with zero attached hydrogens (tertiary/aromatic N) is 3. The third kappa shape index (κ3) is 3.85. The average molecular weight is 326 g/mol. The summed E-state index contributed by atoms with van der Waals surface area (Å²) < 4.78 is 11.3. The van der Waals surface area contributed by atoms with Crippen molar-refractivity contribution in [3.05, 3.63) is 34.1 Å². The first kappa shape index (κ1) is 13.7. The molecule has 0 aliphatic carbocycles. The molecule has 2 aromatic rings. The summed E-state index contributed by atoms with van der Waals surface area (Å²) in [6.45, 7) is 2.22. The SMILES string of the molecule is Cc1noc(CCCOc2cc(Br)cnc2C=O)n1. The van der Waals surface area contributed by atoms with E-state index in [0.29, 0.717) is 43.2 Å². The number of aldehydes is 1. The van der Waals surface area contributed by atoms with Gasteiger partial charge in [0, 0.05) is 17.1 Å². The van der Waals surface area contributed by atoms with Gasteiger partial charge in [0.2, 0.25) is 5.89 Å². The Morgan fingerprint density at radius 2 is 2.37 bits per heavy atom. The smallest absolute Gasteiger partial charge is 0.226 e. The number of halogens is 1. The fraction of sp³-hybridized carbons (Fsp3) is 0.333. The molecule has 7 heteroatoms. The fourth-order valence-corrected chi connectivity index (χ4v) is 1.79. The number of carbonyl (C=O) groups is 1. The Morgan fingerprint density at radius 1 is 1.53 bits per heavy atom. The van der Waals surface area contributed by atoms with Crippen molar-refractivity contribution >= 4 is 22.2 Å². The Bertz CT molecular complexity index is 571. The van der Waals surface area contributed by atoms with Gasteiger partial charge in [-0.2, -0.15) is 4.98 Å². The van der Waals surface area contributed by atoms with E-state index in [0.717, 1.165) is 4.47 Å². The first-order valence-electron chi connectivity index (χ1n) is 5.72. The van der Waals surface area contributed by atoms with Crippen molar-refractivity contribution in [3.63, 3.8) is 0 Å². The van der Waals surface area contributed by atoms with E-state index in [1.807, 2.05) is 0 Å². The summed E-state index contributed by atoms with van der Waals surface area (Å²) in [4.78, 5) is 18.9. The van der Waals surface area contributed by atoms with Crippen LogP contribution >= 0.6 is 15.9 Å². The molecule has 2 heterocycles. The molecule has 0 aliphatic heterocycles. The summed E-state index contributed by atoms with van der Waals surface area (Å²) in [5, 5.41) is 3.70. The molecule has 0 aliphatic rings. The number of rotatable bonds is 6. The lowest BCUT2D eigenvalue weighted by Gasteiger charge is -2.07. The van der Waals surface area contributed by atoms with E-state index in [9.17, 15) is 4.79 Å². The van der Waals surface area contributed by atoms with Crippen LogP contribution in [0.25, 0.3) is 0 Å². The van der Waals surface area contributed by atoms with Crippen molar-refractivity contribution in [2.24, 2.45) is 0 Å². The maximum absolute atomic E-state index is 10.8. The van der Waals surface area contributed by atoms with Crippen LogP contribution in [0.5, 0.6) is 5.75 Å². The van der Waals surface area contributed by atoms with Gasteiger partial charge in [0.25, 0.3) is 0 Å². The van der Waals surface area contributed by atoms with E-state index < -0.39 is 0 Å². The van der Waals surface area contributed by atoms with Crippen LogP contribution in [0.2, 0.25) is 0 Å². The molecule has 0 spiro atoms. The zero-order chi connectivity index (χ0) is 13.7. The van der Waals surface area contributed by atoms with Crippen molar-refractivity contribution in [2.45, 2.75) is 19.8 Å². The molecule has 0 aromatic carbocycles. The van der Waals surface area contributed by atoms with Crippen LogP contribution in [0, 0.1) is 6.92 Å². The van der Waals surface area contributed by atoms with E-state index in [2.05, 4.69) is 31.1 Å². The number of pyridine rings is 1. The van der Waals surface area contributed by atoms with Crippen LogP contribution in [0.4, 0.5) is 0 Å². The summed E-state index contributed by atoms with van der Waals surface area (Å²) in [5.41, 5.74) is 0.289. The second kappa shape index (κ2) is 6.42. The number of hydrogen-bond donors (Lipinski definition) is 0. The van der Waals surface area contributed by atoms with Crippen molar-refractivity contribution in [1.29, 1.82) is 0 Å². The van der Waals surface area contributed by atoms with Gasteiger partial charge < -0.3 is 9.26 Å². The zero-order valence-electron chi connectivity index (χ0n) is 10.3. The van der Waals surface area contributed by atoms with Crippen molar-refractivity contribution in [3.8, 4) is 5.75 Å². The summed E-state index contributed by atoms with van der Waals surface area (Å²) in [6, 6.07) is 1.72. The van der Waals surface area contributed by atoms with E-state index in [-0.39, 0.29) is 5.69 Å².